The van der Waals surface area contributed by atoms with Crippen molar-refractivity contribution in [3.8, 4) is 5.75 Å². The molecule has 13 N–H and O–H groups in total. The highest BCUT2D eigenvalue weighted by Gasteiger charge is 2.41. The van der Waals surface area contributed by atoms with Crippen LogP contribution in [-0.2, 0) is 54.4 Å². The Kier molecular flexibility index (Phi) is 23.8. The number of hydrogen-bond acceptors (Lipinski definition) is 15. The summed E-state index contributed by atoms with van der Waals surface area (Å²) in [5, 5.41) is 37.5. The van der Waals surface area contributed by atoms with Gasteiger partial charge in [0, 0.05) is 30.9 Å². The van der Waals surface area contributed by atoms with E-state index in [-0.39, 0.29) is 50.3 Å². The van der Waals surface area contributed by atoms with Gasteiger partial charge in [0.1, 0.15) is 54.6 Å². The summed E-state index contributed by atoms with van der Waals surface area (Å²) in [6.07, 6.45) is -1.19. The van der Waals surface area contributed by atoms with Crippen LogP contribution in [0, 0.1) is 5.92 Å². The fourth-order valence-electron chi connectivity index (χ4n) is 7.28. The van der Waals surface area contributed by atoms with Crippen molar-refractivity contribution < 1.29 is 62.9 Å². The van der Waals surface area contributed by atoms with E-state index in [0.717, 1.165) is 21.6 Å². The Morgan fingerprint density at radius 2 is 1.56 bits per heavy atom. The summed E-state index contributed by atoms with van der Waals surface area (Å²) in [4.78, 5) is 135. The van der Waals surface area contributed by atoms with Crippen LogP contribution in [0.4, 0.5) is 0 Å². The molecule has 0 saturated carbocycles. The minimum absolute atomic E-state index is 0.0198. The van der Waals surface area contributed by atoms with Crippen LogP contribution in [0.15, 0.2) is 24.3 Å². The largest absolute Gasteiger partial charge is 0.494 e. The van der Waals surface area contributed by atoms with Crippen molar-refractivity contribution in [3.63, 3.8) is 0 Å². The second-order valence-corrected chi connectivity index (χ2v) is 19.1. The summed E-state index contributed by atoms with van der Waals surface area (Å²) in [7, 11) is 2.25. The summed E-state index contributed by atoms with van der Waals surface area (Å²) in [5.74, 6) is -8.76. The van der Waals surface area contributed by atoms with Crippen LogP contribution >= 0.6 is 21.6 Å². The molecule has 0 aromatic heterocycles. The molecular weight excluding hydrogens is 929 g/mol. The van der Waals surface area contributed by atoms with Gasteiger partial charge in [0.2, 0.25) is 53.2 Å². The molecule has 68 heavy (non-hydrogen) atoms. The molecule has 2 fully saturated rings. The van der Waals surface area contributed by atoms with Crippen LogP contribution in [0.5, 0.6) is 5.75 Å². The van der Waals surface area contributed by atoms with Crippen LogP contribution in [-0.4, -0.2) is 160 Å². The zero-order valence-corrected chi connectivity index (χ0v) is 40.3. The van der Waals surface area contributed by atoms with Crippen LogP contribution in [0.25, 0.3) is 0 Å². The molecule has 378 valence electrons. The smallest absolute Gasteiger partial charge is 0.322 e. The summed E-state index contributed by atoms with van der Waals surface area (Å²) >= 11 is 0. The van der Waals surface area contributed by atoms with Crippen LogP contribution in [0.1, 0.15) is 78.2 Å². The Morgan fingerprint density at radius 1 is 0.897 bits per heavy atom. The first-order valence-electron chi connectivity index (χ1n) is 22.5. The molecule has 3 rings (SSSR count). The lowest BCUT2D eigenvalue weighted by atomic mass is 9.96. The number of benzene rings is 1. The number of hydrogen-bond donors (Lipinski definition) is 11. The molecule has 1 aromatic carbocycles. The van der Waals surface area contributed by atoms with Crippen molar-refractivity contribution in [2.75, 3.05) is 37.7 Å². The fourth-order valence-corrected chi connectivity index (χ4v) is 9.43. The number of carboxylic acids is 1. The van der Waals surface area contributed by atoms with E-state index in [1.165, 1.54) is 11.8 Å². The molecule has 0 spiro atoms. The molecule has 2 aliphatic heterocycles. The standard InChI is InChI=1S/C43H66N10O13S2/c1-5-23(3)35-41(63)52-36(24(4)54)42(64)49-29(20-32(45)55)38(60)50-30(43(65)53-17-8-10-31(53)40(62)48-27(9-7-16-44)37(59)46-21-34(57)58)22-68-67-18-15-33(56)47-28(39(61)51-35)19-25-11-13-26(14-12-25)66-6-2/h11-14,23-24,27-31,35-36,54H,5-10,15-22,44H2,1-4H3,(H2,45,55)(H,46,59)(H,47,56)(H,48,62)(H,49,64)(H,50,60)(H,51,61)(H,52,63)(H,57,58)/t23-,24+,27-,28+,29-,30-,31-,35-,36-/m0/s1. The molecule has 0 aliphatic carbocycles. The molecule has 2 heterocycles. The fraction of sp³-hybridized carbons (Fsp3) is 0.628. The molecule has 1 aromatic rings. The Bertz CT molecular complexity index is 1950. The molecule has 0 radical (unpaired) electrons. The maximum atomic E-state index is 14.4. The number of carbonyl (C=O) groups is 10. The van der Waals surface area contributed by atoms with E-state index in [0.29, 0.717) is 37.2 Å². The number of aliphatic hydroxyl groups excluding tert-OH is 1. The summed E-state index contributed by atoms with van der Waals surface area (Å²) < 4.78 is 5.53. The zero-order chi connectivity index (χ0) is 50.5. The zero-order valence-electron chi connectivity index (χ0n) is 38.7. The lowest BCUT2D eigenvalue weighted by molar-refractivity contribution is -0.142. The maximum Gasteiger partial charge on any atom is 0.322 e. The predicted molar refractivity (Wildman–Crippen MR) is 251 cm³/mol. The number of aliphatic carboxylic acids is 1. The van der Waals surface area contributed by atoms with Gasteiger partial charge in [-0.3, -0.25) is 47.9 Å². The molecular formula is C43H66N10O13S2. The van der Waals surface area contributed by atoms with Gasteiger partial charge in [0.05, 0.1) is 19.1 Å². The molecule has 0 unspecified atom stereocenters. The van der Waals surface area contributed by atoms with Gasteiger partial charge in [-0.2, -0.15) is 0 Å². The van der Waals surface area contributed by atoms with E-state index in [1.807, 2.05) is 6.92 Å². The third-order valence-electron chi connectivity index (χ3n) is 11.1. The average Bonchev–Trinajstić information content (AvgIpc) is 3.79. The third-order valence-corrected chi connectivity index (χ3v) is 13.6. The van der Waals surface area contributed by atoms with E-state index in [1.54, 1.807) is 38.1 Å². The van der Waals surface area contributed by atoms with E-state index in [9.17, 15) is 53.1 Å². The monoisotopic (exact) mass is 994 g/mol. The van der Waals surface area contributed by atoms with Crippen LogP contribution < -0.4 is 53.4 Å². The van der Waals surface area contributed by atoms with Crippen molar-refractivity contribution in [1.29, 1.82) is 0 Å². The lowest BCUT2D eigenvalue weighted by Crippen LogP contribution is -2.63. The molecule has 9 atom stereocenters. The summed E-state index contributed by atoms with van der Waals surface area (Å²) in [5.41, 5.74) is 11.8. The minimum atomic E-state index is -1.74. The quantitative estimate of drug-likeness (QED) is 0.0681. The Balaban J connectivity index is 1.99. The third kappa shape index (κ3) is 18.1. The summed E-state index contributed by atoms with van der Waals surface area (Å²) in [6, 6.07) is -2.75. The Labute approximate surface area is 402 Å². The first kappa shape index (κ1) is 56.7. The van der Waals surface area contributed by atoms with E-state index >= 15 is 0 Å². The highest BCUT2D eigenvalue weighted by atomic mass is 33.1. The number of carbonyl (C=O) groups excluding carboxylic acids is 9. The van der Waals surface area contributed by atoms with Gasteiger partial charge in [-0.1, -0.05) is 54.0 Å². The first-order chi connectivity index (χ1) is 32.3. The number of nitrogens with zero attached hydrogens (tertiary/aromatic N) is 1. The van der Waals surface area contributed by atoms with E-state index in [4.69, 9.17) is 21.3 Å². The number of nitrogens with two attached hydrogens (primary N) is 2. The number of primary amides is 1. The van der Waals surface area contributed by atoms with Gasteiger partial charge >= 0.3 is 5.97 Å². The van der Waals surface area contributed by atoms with Gasteiger partial charge in [-0.25, -0.2) is 0 Å². The molecule has 2 saturated heterocycles. The minimum Gasteiger partial charge on any atom is -0.494 e. The topological polar surface area (TPSA) is 360 Å². The van der Waals surface area contributed by atoms with Crippen LogP contribution in [0.2, 0.25) is 0 Å². The number of nitrogens with one attached hydrogen (secondary N) is 7. The number of aliphatic hydroxyl groups is 1. The van der Waals surface area contributed by atoms with Gasteiger partial charge in [-0.15, -0.1) is 0 Å². The number of ether oxygens (including phenoxy) is 1. The SMILES string of the molecule is CCOc1ccc(C[C@H]2NC(=O)CCSSC[C@@H](C(=O)N3CCC[C@H]3C(=O)N[C@@H](CCCN)C(=O)NCC(=O)O)NC(=O)[C@H](CC(N)=O)NC(=O)[C@H]([C@@H](C)O)NC(=O)[C@H]([C@@H](C)CC)NC2=O)cc1. The lowest BCUT2D eigenvalue weighted by Gasteiger charge is -2.31. The number of likely N-dealkylation sites (tertiary alicyclic amines) is 1. The number of rotatable bonds is 18. The van der Waals surface area contributed by atoms with Gasteiger partial charge in [0.15, 0.2) is 0 Å². The number of amides is 9. The van der Waals surface area contributed by atoms with Crippen molar-refractivity contribution in [1.82, 2.24) is 42.1 Å². The first-order valence-corrected chi connectivity index (χ1v) is 25.0. The van der Waals surface area contributed by atoms with E-state index < -0.39 is 126 Å². The van der Waals surface area contributed by atoms with Crippen LogP contribution in [0.3, 0.4) is 0 Å². The highest BCUT2D eigenvalue weighted by molar-refractivity contribution is 8.76. The van der Waals surface area contributed by atoms with E-state index in [2.05, 4.69) is 37.2 Å². The predicted octanol–water partition coefficient (Wildman–Crippen LogP) is -2.45. The van der Waals surface area contributed by atoms with Crippen molar-refractivity contribution in [2.45, 2.75) is 127 Å². The van der Waals surface area contributed by atoms with Crippen molar-refractivity contribution in [2.24, 2.45) is 17.4 Å². The second kappa shape index (κ2) is 28.6. The van der Waals surface area contributed by atoms with Crippen molar-refractivity contribution in [3.05, 3.63) is 29.8 Å². The number of carboxylic acid groups (broad SMARTS) is 1. The van der Waals surface area contributed by atoms with Gasteiger partial charge in [0.25, 0.3) is 0 Å². The average molecular weight is 995 g/mol. The molecule has 9 amide bonds. The molecule has 25 heteroatoms. The second-order valence-electron chi connectivity index (χ2n) is 16.4. The highest BCUT2D eigenvalue weighted by Crippen LogP contribution is 2.26. The molecule has 2 aliphatic rings. The summed E-state index contributed by atoms with van der Waals surface area (Å²) in [6.45, 7) is 6.44. The van der Waals surface area contributed by atoms with Gasteiger partial charge < -0.3 is 68.5 Å². The maximum absolute atomic E-state index is 14.4. The normalized spacial score (nSPS) is 23.8. The van der Waals surface area contributed by atoms with Crippen molar-refractivity contribution >= 4 is 80.7 Å². The Morgan fingerprint density at radius 3 is 2.18 bits per heavy atom. The Hall–Kier alpha value is -5.66. The van der Waals surface area contributed by atoms with Gasteiger partial charge in [-0.05, 0) is 69.7 Å². The molecule has 23 nitrogen and oxygen atoms in total. The molecule has 0 bridgehead atoms.